The van der Waals surface area contributed by atoms with Crippen molar-refractivity contribution >= 4 is 15.2 Å². The molecule has 0 aliphatic rings. The van der Waals surface area contributed by atoms with Crippen LogP contribution in [0, 0.1) is 0 Å². The van der Waals surface area contributed by atoms with Crippen LogP contribution >= 0.6 is 0 Å². The lowest BCUT2D eigenvalue weighted by Crippen LogP contribution is -1.97. The molecule has 0 radical (unpaired) electrons. The zero-order valence-electron chi connectivity index (χ0n) is 5.96. The third-order valence-corrected chi connectivity index (χ3v) is 1.84. The molecular formula is C6H14O2S. The fourth-order valence-corrected chi connectivity index (χ4v) is 1.11. The minimum Gasteiger partial charge on any atom is -0.314 e. The average Bonchev–Trinajstić information content (AvgIpc) is 1.63. The van der Waals surface area contributed by atoms with E-state index in [-0.39, 0.29) is 0 Å². The summed E-state index contributed by atoms with van der Waals surface area (Å²) >= 11 is 0. The van der Waals surface area contributed by atoms with Gasteiger partial charge in [0.15, 0.2) is 0 Å². The summed E-state index contributed by atoms with van der Waals surface area (Å²) in [5.41, 5.74) is 0. The largest absolute Gasteiger partial charge is 0.314 e. The fraction of sp³-hybridized carbons (Fsp3) is 0.833. The van der Waals surface area contributed by atoms with Crippen molar-refractivity contribution in [2.45, 2.75) is 26.2 Å². The van der Waals surface area contributed by atoms with Gasteiger partial charge in [-0.15, -0.1) is 0 Å². The Hall–Kier alpha value is -0.0200. The molecule has 56 valence electrons. The van der Waals surface area contributed by atoms with Crippen LogP contribution in [0.1, 0.15) is 26.2 Å². The van der Waals surface area contributed by atoms with E-state index in [1.807, 2.05) is 0 Å². The molecule has 0 bridgehead atoms. The summed E-state index contributed by atoms with van der Waals surface area (Å²) in [4.78, 5) is 0. The summed E-state index contributed by atoms with van der Waals surface area (Å²) < 4.78 is 19.3. The average molecular weight is 150 g/mol. The Kier molecular flexibility index (Phi) is 3.89. The lowest BCUT2D eigenvalue weighted by Gasteiger charge is -1.92. The van der Waals surface area contributed by atoms with Crippen LogP contribution in [0.4, 0.5) is 0 Å². The molecule has 0 aromatic rings. The molecule has 0 amide bonds. The van der Waals surface area contributed by atoms with Crippen LogP contribution in [0.3, 0.4) is 0 Å². The smallest absolute Gasteiger partial charge is 0.0747 e. The van der Waals surface area contributed by atoms with Gasteiger partial charge in [-0.25, -0.2) is 4.21 Å². The molecular weight excluding hydrogens is 136 g/mol. The maximum Gasteiger partial charge on any atom is 0.0747 e. The second-order valence-electron chi connectivity index (χ2n) is 2.17. The summed E-state index contributed by atoms with van der Waals surface area (Å²) in [6.45, 7) is 2.06. The third-order valence-electron chi connectivity index (χ3n) is 0.985. The molecule has 9 heavy (non-hydrogen) atoms. The van der Waals surface area contributed by atoms with Crippen molar-refractivity contribution in [3.8, 4) is 0 Å². The standard InChI is InChI=1S/C6H14O2S/c1-3-4-5-6-9(2,7)8/h6H,3-5H2,1-2H3,(H,7,8). The van der Waals surface area contributed by atoms with Crippen molar-refractivity contribution in [1.29, 1.82) is 0 Å². The molecule has 3 heteroatoms. The molecule has 0 spiro atoms. The number of hydrogen-bond donors (Lipinski definition) is 1. The van der Waals surface area contributed by atoms with Crippen LogP contribution in [0.5, 0.6) is 0 Å². The Bertz CT molecular complexity index is 158. The van der Waals surface area contributed by atoms with Gasteiger partial charge in [0.2, 0.25) is 0 Å². The topological polar surface area (TPSA) is 37.3 Å². The molecule has 0 saturated heterocycles. The van der Waals surface area contributed by atoms with Crippen LogP contribution in [-0.4, -0.2) is 20.4 Å². The molecule has 0 aromatic carbocycles. The van der Waals surface area contributed by atoms with Crippen LogP contribution in [0.15, 0.2) is 0 Å². The quantitative estimate of drug-likeness (QED) is 0.487. The lowest BCUT2D eigenvalue weighted by molar-refractivity contribution is 0.566. The van der Waals surface area contributed by atoms with Crippen molar-refractivity contribution in [2.75, 3.05) is 6.26 Å². The highest BCUT2D eigenvalue weighted by Gasteiger charge is 1.87. The van der Waals surface area contributed by atoms with Gasteiger partial charge in [-0.3, -0.25) is 0 Å². The zero-order valence-corrected chi connectivity index (χ0v) is 6.78. The normalized spacial score (nSPS) is 16.8. The highest BCUT2D eigenvalue weighted by Crippen LogP contribution is 1.90. The maximum absolute atomic E-state index is 10.6. The molecule has 1 atom stereocenters. The van der Waals surface area contributed by atoms with Gasteiger partial charge in [-0.2, -0.15) is 0 Å². The summed E-state index contributed by atoms with van der Waals surface area (Å²) in [5.74, 6) is 0. The summed E-state index contributed by atoms with van der Waals surface area (Å²) in [6.07, 6.45) is 4.17. The Morgan fingerprint density at radius 3 is 2.56 bits per heavy atom. The number of rotatable bonds is 3. The van der Waals surface area contributed by atoms with Crippen molar-refractivity contribution in [3.63, 3.8) is 0 Å². The summed E-state index contributed by atoms with van der Waals surface area (Å²) in [5, 5.41) is 1.48. The van der Waals surface area contributed by atoms with E-state index in [4.69, 9.17) is 4.55 Å². The molecule has 1 unspecified atom stereocenters. The first-order valence-electron chi connectivity index (χ1n) is 3.11. The molecule has 0 saturated carbocycles. The van der Waals surface area contributed by atoms with E-state index in [0.717, 1.165) is 19.3 Å². The highest BCUT2D eigenvalue weighted by atomic mass is 32.2. The third kappa shape index (κ3) is 7.98. The Balaban J connectivity index is 3.59. The van der Waals surface area contributed by atoms with Gasteiger partial charge in [-0.05, 0) is 18.2 Å². The molecule has 0 aromatic heterocycles. The monoisotopic (exact) mass is 150 g/mol. The van der Waals surface area contributed by atoms with E-state index < -0.39 is 9.80 Å². The fourth-order valence-electron chi connectivity index (χ4n) is 0.506. The zero-order chi connectivity index (χ0) is 7.33. The van der Waals surface area contributed by atoms with Gasteiger partial charge < -0.3 is 4.55 Å². The molecule has 0 fully saturated rings. The van der Waals surface area contributed by atoms with Gasteiger partial charge in [0.25, 0.3) is 0 Å². The van der Waals surface area contributed by atoms with Crippen molar-refractivity contribution in [3.05, 3.63) is 0 Å². The van der Waals surface area contributed by atoms with E-state index >= 15 is 0 Å². The SMILES string of the molecule is CCCCC=S(C)(=O)O. The Morgan fingerprint density at radius 1 is 1.67 bits per heavy atom. The first-order chi connectivity index (χ1) is 4.06. The molecule has 0 rings (SSSR count). The summed E-state index contributed by atoms with van der Waals surface area (Å²) in [6, 6.07) is 0. The van der Waals surface area contributed by atoms with Gasteiger partial charge in [0, 0.05) is 6.26 Å². The number of hydrogen-bond acceptors (Lipinski definition) is 1. The van der Waals surface area contributed by atoms with E-state index in [0.29, 0.717) is 0 Å². The molecule has 1 N–H and O–H groups in total. The highest BCUT2D eigenvalue weighted by molar-refractivity contribution is 7.95. The van der Waals surface area contributed by atoms with E-state index in [9.17, 15) is 4.21 Å². The van der Waals surface area contributed by atoms with Gasteiger partial charge in [0.05, 0.1) is 9.80 Å². The number of unbranched alkanes of at least 4 members (excludes halogenated alkanes) is 2. The van der Waals surface area contributed by atoms with Crippen molar-refractivity contribution in [1.82, 2.24) is 0 Å². The second-order valence-corrected chi connectivity index (χ2v) is 4.23. The van der Waals surface area contributed by atoms with E-state index in [1.165, 1.54) is 11.6 Å². The first-order valence-corrected chi connectivity index (χ1v) is 5.09. The van der Waals surface area contributed by atoms with Crippen LogP contribution in [0.2, 0.25) is 0 Å². The van der Waals surface area contributed by atoms with Crippen molar-refractivity contribution < 1.29 is 8.76 Å². The van der Waals surface area contributed by atoms with Crippen molar-refractivity contribution in [2.24, 2.45) is 0 Å². The maximum atomic E-state index is 10.6. The van der Waals surface area contributed by atoms with Crippen LogP contribution in [-0.2, 0) is 9.80 Å². The van der Waals surface area contributed by atoms with Gasteiger partial charge >= 0.3 is 0 Å². The molecule has 2 nitrogen and oxygen atoms in total. The van der Waals surface area contributed by atoms with Crippen LogP contribution in [0.25, 0.3) is 0 Å². The van der Waals surface area contributed by atoms with E-state index in [2.05, 4.69) is 6.92 Å². The summed E-state index contributed by atoms with van der Waals surface area (Å²) in [7, 11) is -2.57. The Labute approximate surface area is 57.1 Å². The minimum absolute atomic E-state index is 0.752. The minimum atomic E-state index is -2.57. The van der Waals surface area contributed by atoms with Gasteiger partial charge in [0.1, 0.15) is 0 Å². The molecule has 0 aliphatic carbocycles. The van der Waals surface area contributed by atoms with Crippen LogP contribution < -0.4 is 0 Å². The Morgan fingerprint density at radius 2 is 2.22 bits per heavy atom. The van der Waals surface area contributed by atoms with Gasteiger partial charge in [-0.1, -0.05) is 13.3 Å². The predicted octanol–water partition coefficient (Wildman–Crippen LogP) is 1.37. The lowest BCUT2D eigenvalue weighted by atomic mass is 10.3. The van der Waals surface area contributed by atoms with E-state index in [1.54, 1.807) is 0 Å². The molecule has 0 aliphatic heterocycles. The molecule has 0 heterocycles. The first kappa shape index (κ1) is 8.98. The second kappa shape index (κ2) is 3.90. The predicted molar refractivity (Wildman–Crippen MR) is 42.3 cm³/mol.